The first-order chi connectivity index (χ1) is 9.51. The molecule has 0 radical (unpaired) electrons. The Kier molecular flexibility index (Phi) is 3.51. The summed E-state index contributed by atoms with van der Waals surface area (Å²) in [5, 5.41) is 26.2. The number of rotatable bonds is 4. The standard InChI is InChI=1S/C11H11N5O4/c1-15-6-8(5-13-15)20-10-3-2-7(16(18)19)4-9(10)11(12)14-17/h2-6,17H,1H3,(H2,12,14). The number of oxime groups is 1. The fourth-order valence-electron chi connectivity index (χ4n) is 1.55. The summed E-state index contributed by atoms with van der Waals surface area (Å²) in [5.74, 6) is 0.361. The lowest BCUT2D eigenvalue weighted by Gasteiger charge is -2.08. The van der Waals surface area contributed by atoms with Gasteiger partial charge in [0.2, 0.25) is 0 Å². The number of hydrogen-bond acceptors (Lipinski definition) is 6. The molecular weight excluding hydrogens is 266 g/mol. The molecule has 1 aromatic carbocycles. The number of nitrogens with zero attached hydrogens (tertiary/aromatic N) is 4. The van der Waals surface area contributed by atoms with E-state index in [4.69, 9.17) is 15.7 Å². The lowest BCUT2D eigenvalue weighted by atomic mass is 10.1. The first-order valence-electron chi connectivity index (χ1n) is 5.44. The van der Waals surface area contributed by atoms with Crippen molar-refractivity contribution in [3.63, 3.8) is 0 Å². The van der Waals surface area contributed by atoms with Gasteiger partial charge >= 0.3 is 0 Å². The highest BCUT2D eigenvalue weighted by Crippen LogP contribution is 2.28. The molecule has 0 spiro atoms. The summed E-state index contributed by atoms with van der Waals surface area (Å²) in [5.41, 5.74) is 5.43. The Labute approximate surface area is 113 Å². The van der Waals surface area contributed by atoms with E-state index in [0.717, 1.165) is 0 Å². The molecule has 0 unspecified atom stereocenters. The van der Waals surface area contributed by atoms with Crippen LogP contribution in [0.3, 0.4) is 0 Å². The maximum atomic E-state index is 10.7. The largest absolute Gasteiger partial charge is 0.453 e. The van der Waals surface area contributed by atoms with Gasteiger partial charge in [-0.2, -0.15) is 5.10 Å². The fourth-order valence-corrected chi connectivity index (χ4v) is 1.55. The van der Waals surface area contributed by atoms with Crippen LogP contribution in [0.15, 0.2) is 35.7 Å². The Morgan fingerprint density at radius 1 is 1.60 bits per heavy atom. The average Bonchev–Trinajstić information content (AvgIpc) is 2.83. The van der Waals surface area contributed by atoms with Gasteiger partial charge in [-0.25, -0.2) is 0 Å². The quantitative estimate of drug-likeness (QED) is 0.284. The van der Waals surface area contributed by atoms with E-state index in [1.807, 2.05) is 0 Å². The molecule has 0 saturated heterocycles. The lowest BCUT2D eigenvalue weighted by Crippen LogP contribution is -2.14. The number of nitro groups is 1. The van der Waals surface area contributed by atoms with Crippen molar-refractivity contribution < 1.29 is 14.9 Å². The van der Waals surface area contributed by atoms with E-state index < -0.39 is 4.92 Å². The van der Waals surface area contributed by atoms with Crippen LogP contribution in [-0.2, 0) is 7.05 Å². The Balaban J connectivity index is 2.43. The third-order valence-corrected chi connectivity index (χ3v) is 2.47. The third kappa shape index (κ3) is 2.66. The second kappa shape index (κ2) is 5.26. The molecule has 0 atom stereocenters. The predicted octanol–water partition coefficient (Wildman–Crippen LogP) is 1.22. The van der Waals surface area contributed by atoms with E-state index in [1.165, 1.54) is 29.1 Å². The zero-order valence-electron chi connectivity index (χ0n) is 10.4. The minimum atomic E-state index is -0.581. The van der Waals surface area contributed by atoms with Crippen LogP contribution in [0.2, 0.25) is 0 Å². The molecule has 0 bridgehead atoms. The van der Waals surface area contributed by atoms with Crippen molar-refractivity contribution in [3.05, 3.63) is 46.3 Å². The molecule has 0 amide bonds. The predicted molar refractivity (Wildman–Crippen MR) is 68.9 cm³/mol. The van der Waals surface area contributed by atoms with Crippen LogP contribution in [0.5, 0.6) is 11.5 Å². The molecule has 2 rings (SSSR count). The van der Waals surface area contributed by atoms with Gasteiger partial charge in [-0.1, -0.05) is 5.16 Å². The SMILES string of the molecule is Cn1cc(Oc2ccc([N+](=O)[O-])cc2/C(N)=N/O)cn1. The van der Waals surface area contributed by atoms with Gasteiger partial charge in [-0.05, 0) is 6.07 Å². The van der Waals surface area contributed by atoms with Gasteiger partial charge in [0.05, 0.1) is 22.9 Å². The number of ether oxygens (including phenoxy) is 1. The van der Waals surface area contributed by atoms with Crippen molar-refractivity contribution in [3.8, 4) is 11.5 Å². The number of aryl methyl sites for hydroxylation is 1. The van der Waals surface area contributed by atoms with E-state index in [1.54, 1.807) is 13.2 Å². The Hall–Kier alpha value is -3.10. The lowest BCUT2D eigenvalue weighted by molar-refractivity contribution is -0.384. The van der Waals surface area contributed by atoms with E-state index >= 15 is 0 Å². The first-order valence-corrected chi connectivity index (χ1v) is 5.44. The van der Waals surface area contributed by atoms with Crippen LogP contribution in [0.25, 0.3) is 0 Å². The number of hydrogen-bond donors (Lipinski definition) is 2. The second-order valence-electron chi connectivity index (χ2n) is 3.87. The summed E-state index contributed by atoms with van der Waals surface area (Å²) < 4.78 is 7.04. The summed E-state index contributed by atoms with van der Waals surface area (Å²) in [6.45, 7) is 0. The molecule has 1 heterocycles. The van der Waals surface area contributed by atoms with Crippen LogP contribution in [0, 0.1) is 10.1 Å². The number of aromatic nitrogens is 2. The molecular formula is C11H11N5O4. The van der Waals surface area contributed by atoms with Gasteiger partial charge in [0.25, 0.3) is 5.69 Å². The molecule has 2 aromatic rings. The van der Waals surface area contributed by atoms with E-state index in [2.05, 4.69) is 10.3 Å². The number of nitrogens with two attached hydrogens (primary N) is 1. The van der Waals surface area contributed by atoms with Crippen LogP contribution < -0.4 is 10.5 Å². The number of benzene rings is 1. The summed E-state index contributed by atoms with van der Waals surface area (Å²) in [6, 6.07) is 3.80. The fraction of sp³-hybridized carbons (Fsp3) is 0.0909. The third-order valence-electron chi connectivity index (χ3n) is 2.47. The first kappa shape index (κ1) is 13.3. The Bertz CT molecular complexity index is 679. The normalized spacial score (nSPS) is 11.3. The van der Waals surface area contributed by atoms with Crippen molar-refractivity contribution in [1.29, 1.82) is 0 Å². The van der Waals surface area contributed by atoms with Crippen LogP contribution >= 0.6 is 0 Å². The highest BCUT2D eigenvalue weighted by Gasteiger charge is 2.16. The van der Waals surface area contributed by atoms with Crippen molar-refractivity contribution in [2.24, 2.45) is 17.9 Å². The molecule has 0 saturated carbocycles. The molecule has 0 aliphatic heterocycles. The van der Waals surface area contributed by atoms with Gasteiger partial charge in [0, 0.05) is 19.2 Å². The van der Waals surface area contributed by atoms with Gasteiger partial charge in [0.1, 0.15) is 5.75 Å². The smallest absolute Gasteiger partial charge is 0.270 e. The molecule has 0 aliphatic carbocycles. The molecule has 1 aromatic heterocycles. The van der Waals surface area contributed by atoms with Crippen molar-refractivity contribution in [1.82, 2.24) is 9.78 Å². The number of non-ortho nitro benzene ring substituents is 1. The Morgan fingerprint density at radius 3 is 2.90 bits per heavy atom. The molecule has 9 nitrogen and oxygen atoms in total. The maximum Gasteiger partial charge on any atom is 0.270 e. The summed E-state index contributed by atoms with van der Waals surface area (Å²) >= 11 is 0. The van der Waals surface area contributed by atoms with E-state index in [0.29, 0.717) is 5.75 Å². The number of nitro benzene ring substituents is 1. The molecule has 20 heavy (non-hydrogen) atoms. The van der Waals surface area contributed by atoms with Crippen LogP contribution in [0.4, 0.5) is 5.69 Å². The minimum Gasteiger partial charge on any atom is -0.453 e. The molecule has 3 N–H and O–H groups in total. The Morgan fingerprint density at radius 2 is 2.35 bits per heavy atom. The molecule has 0 aliphatic rings. The van der Waals surface area contributed by atoms with E-state index in [-0.39, 0.29) is 22.8 Å². The maximum absolute atomic E-state index is 10.7. The van der Waals surface area contributed by atoms with Crippen molar-refractivity contribution in [2.45, 2.75) is 0 Å². The average molecular weight is 277 g/mol. The van der Waals surface area contributed by atoms with Gasteiger partial charge in [-0.15, -0.1) is 0 Å². The van der Waals surface area contributed by atoms with Crippen molar-refractivity contribution in [2.75, 3.05) is 0 Å². The number of amidine groups is 1. The van der Waals surface area contributed by atoms with Crippen LogP contribution in [-0.4, -0.2) is 25.7 Å². The van der Waals surface area contributed by atoms with E-state index in [9.17, 15) is 10.1 Å². The highest BCUT2D eigenvalue weighted by atomic mass is 16.6. The highest BCUT2D eigenvalue weighted by molar-refractivity contribution is 6.00. The van der Waals surface area contributed by atoms with Crippen molar-refractivity contribution >= 4 is 11.5 Å². The zero-order valence-corrected chi connectivity index (χ0v) is 10.4. The van der Waals surface area contributed by atoms with Gasteiger partial charge in [0.15, 0.2) is 11.6 Å². The van der Waals surface area contributed by atoms with Gasteiger partial charge < -0.3 is 15.7 Å². The second-order valence-corrected chi connectivity index (χ2v) is 3.87. The van der Waals surface area contributed by atoms with Crippen LogP contribution in [0.1, 0.15) is 5.56 Å². The molecule has 0 fully saturated rings. The zero-order chi connectivity index (χ0) is 14.7. The monoisotopic (exact) mass is 277 g/mol. The summed E-state index contributed by atoms with van der Waals surface area (Å²) in [7, 11) is 1.72. The summed E-state index contributed by atoms with van der Waals surface area (Å²) in [4.78, 5) is 10.2. The van der Waals surface area contributed by atoms with Gasteiger partial charge in [-0.3, -0.25) is 14.8 Å². The minimum absolute atomic E-state index is 0.116. The topological polar surface area (TPSA) is 129 Å². The molecule has 104 valence electrons. The molecule has 9 heteroatoms. The summed E-state index contributed by atoms with van der Waals surface area (Å²) in [6.07, 6.45) is 3.08.